The van der Waals surface area contributed by atoms with E-state index in [4.69, 9.17) is 14.0 Å². The van der Waals surface area contributed by atoms with E-state index in [0.29, 0.717) is 6.42 Å². The Kier molecular flexibility index (Phi) is 31.8. The quantitative estimate of drug-likeness (QED) is 0.0203. The fraction of sp³-hybridized carbons (Fsp3) is 0.929. The lowest BCUT2D eigenvalue weighted by atomic mass is 9.99. The topological polar surface area (TPSA) is 192 Å². The Balaban J connectivity index is 2.55. The number of aliphatic hydroxyl groups excluding tert-OH is 4. The van der Waals surface area contributed by atoms with Gasteiger partial charge in [0, 0.05) is 6.42 Å². The van der Waals surface area contributed by atoms with Crippen molar-refractivity contribution in [3.8, 4) is 0 Å². The van der Waals surface area contributed by atoms with Gasteiger partial charge in [0.15, 0.2) is 6.29 Å². The monoisotopic (exact) mass is 808 g/mol. The van der Waals surface area contributed by atoms with Crippen LogP contribution in [0.25, 0.3) is 0 Å². The predicted octanol–water partition coefficient (Wildman–Crippen LogP) is 7.99. The van der Waals surface area contributed by atoms with Crippen LogP contribution in [0.15, 0.2) is 12.2 Å². The molecule has 55 heavy (non-hydrogen) atoms. The lowest BCUT2D eigenvalue weighted by molar-refractivity contribution is -0.298. The Morgan fingerprint density at radius 2 is 1.15 bits per heavy atom. The van der Waals surface area contributed by atoms with Gasteiger partial charge in [0.05, 0.1) is 25.4 Å². The molecule has 1 amide bonds. The first-order chi connectivity index (χ1) is 26.5. The zero-order valence-corrected chi connectivity index (χ0v) is 35.3. The highest BCUT2D eigenvalue weighted by Gasteiger charge is 2.48. The predicted molar refractivity (Wildman–Crippen MR) is 218 cm³/mol. The number of aliphatic hydroxyl groups is 4. The standard InChI is InChI=1S/C42H81NO11S/c1-3-5-7-9-11-13-15-17-18-20-22-24-26-28-30-32-38(46)43-35(36(45)31-29-27-25-23-21-19-16-14-12-10-8-6-4-2)34-52-42-40(48)41(54-55(49,50)51)39(47)37(33-44)53-42/h29,31,35-37,39-42,44-45,47-48H,3-28,30,32-34H2,1-2H3,(H,43,46)(H,49,50,51)/t35-,36+,37+,39-,40?,41?,42+/m0/s1. The summed E-state index contributed by atoms with van der Waals surface area (Å²) in [6.45, 7) is 3.37. The van der Waals surface area contributed by atoms with Crippen molar-refractivity contribution in [2.45, 2.75) is 236 Å². The third-order valence-corrected chi connectivity index (χ3v) is 11.0. The number of unbranched alkanes of at least 4 members (excludes halogenated alkanes) is 25. The fourth-order valence-electron chi connectivity index (χ4n) is 7.10. The highest BCUT2D eigenvalue weighted by molar-refractivity contribution is 7.80. The molecule has 1 rings (SSSR count). The van der Waals surface area contributed by atoms with Gasteiger partial charge in [-0.1, -0.05) is 180 Å². The maximum absolute atomic E-state index is 13.0. The van der Waals surface area contributed by atoms with Crippen LogP contribution in [0, 0.1) is 0 Å². The van der Waals surface area contributed by atoms with Crippen LogP contribution in [0.5, 0.6) is 0 Å². The van der Waals surface area contributed by atoms with E-state index in [1.54, 1.807) is 6.08 Å². The van der Waals surface area contributed by atoms with Gasteiger partial charge in [0.2, 0.25) is 5.91 Å². The number of amides is 1. The molecule has 0 aromatic carbocycles. The third-order valence-electron chi connectivity index (χ3n) is 10.6. The largest absolute Gasteiger partial charge is 0.397 e. The summed E-state index contributed by atoms with van der Waals surface area (Å²) < 4.78 is 47.5. The van der Waals surface area contributed by atoms with E-state index < -0.39 is 59.9 Å². The molecule has 12 nitrogen and oxygen atoms in total. The zero-order valence-electron chi connectivity index (χ0n) is 34.5. The Morgan fingerprint density at radius 3 is 1.58 bits per heavy atom. The first-order valence-corrected chi connectivity index (χ1v) is 23.4. The van der Waals surface area contributed by atoms with Gasteiger partial charge in [-0.15, -0.1) is 0 Å². The van der Waals surface area contributed by atoms with Gasteiger partial charge in [-0.2, -0.15) is 8.42 Å². The number of carbonyl (C=O) groups is 1. The van der Waals surface area contributed by atoms with Crippen molar-refractivity contribution in [3.05, 3.63) is 12.2 Å². The molecule has 1 aliphatic heterocycles. The van der Waals surface area contributed by atoms with Crippen LogP contribution in [0.2, 0.25) is 0 Å². The number of carbonyl (C=O) groups excluding carboxylic acids is 1. The maximum atomic E-state index is 13.0. The van der Waals surface area contributed by atoms with E-state index in [-0.39, 0.29) is 18.9 Å². The molecule has 0 radical (unpaired) electrons. The molecule has 0 saturated carbocycles. The molecule has 0 spiro atoms. The van der Waals surface area contributed by atoms with Gasteiger partial charge in [0.25, 0.3) is 0 Å². The van der Waals surface area contributed by atoms with Gasteiger partial charge in [0.1, 0.15) is 24.4 Å². The first-order valence-electron chi connectivity index (χ1n) is 22.1. The summed E-state index contributed by atoms with van der Waals surface area (Å²) in [6.07, 6.45) is 26.8. The zero-order chi connectivity index (χ0) is 40.6. The number of hydrogen-bond acceptors (Lipinski definition) is 10. The van der Waals surface area contributed by atoms with Gasteiger partial charge in [-0.25, -0.2) is 4.18 Å². The molecule has 7 atom stereocenters. The van der Waals surface area contributed by atoms with Crippen LogP contribution in [-0.4, -0.2) is 95.4 Å². The minimum absolute atomic E-state index is 0.262. The molecule has 0 aliphatic carbocycles. The van der Waals surface area contributed by atoms with E-state index in [1.165, 1.54) is 128 Å². The second-order valence-corrected chi connectivity index (χ2v) is 16.7. The Morgan fingerprint density at radius 1 is 0.709 bits per heavy atom. The minimum Gasteiger partial charge on any atom is -0.394 e. The number of ether oxygens (including phenoxy) is 2. The van der Waals surface area contributed by atoms with Crippen molar-refractivity contribution < 1.29 is 51.8 Å². The summed E-state index contributed by atoms with van der Waals surface area (Å²) in [6, 6.07) is -0.936. The molecular formula is C42H81NO11S. The normalized spacial score (nSPS) is 21.6. The lowest BCUT2D eigenvalue weighted by Crippen LogP contribution is -2.61. The number of nitrogens with one attached hydrogen (secondary N) is 1. The smallest absolute Gasteiger partial charge is 0.394 e. The summed E-state index contributed by atoms with van der Waals surface area (Å²) in [5.41, 5.74) is 0. The SMILES string of the molecule is CCCCCCCCCCCCCC=C[C@@H](O)[C@H](CO[C@@H]1O[C@H](CO)[C@H](O)C(OS(=O)(=O)O)C1O)NC(=O)CCCCCCCCCCCCCCCCC. The molecular weight excluding hydrogens is 727 g/mol. The van der Waals surface area contributed by atoms with Crippen molar-refractivity contribution >= 4 is 16.3 Å². The second-order valence-electron chi connectivity index (χ2n) is 15.6. The van der Waals surface area contributed by atoms with Crippen molar-refractivity contribution in [3.63, 3.8) is 0 Å². The van der Waals surface area contributed by atoms with Gasteiger partial charge < -0.3 is 35.2 Å². The van der Waals surface area contributed by atoms with E-state index >= 15 is 0 Å². The molecule has 0 aromatic rings. The van der Waals surface area contributed by atoms with Crippen LogP contribution in [0.1, 0.15) is 194 Å². The summed E-state index contributed by atoms with van der Waals surface area (Å²) in [5, 5.41) is 44.6. The summed E-state index contributed by atoms with van der Waals surface area (Å²) in [5.74, 6) is -0.262. The first kappa shape index (κ1) is 51.9. The van der Waals surface area contributed by atoms with Crippen molar-refractivity contribution in [2.75, 3.05) is 13.2 Å². The summed E-state index contributed by atoms with van der Waals surface area (Å²) in [4.78, 5) is 13.0. The minimum atomic E-state index is -5.08. The van der Waals surface area contributed by atoms with Crippen LogP contribution in [0.3, 0.4) is 0 Å². The lowest BCUT2D eigenvalue weighted by Gasteiger charge is -2.41. The summed E-state index contributed by atoms with van der Waals surface area (Å²) >= 11 is 0. The van der Waals surface area contributed by atoms with Gasteiger partial charge in [-0.05, 0) is 19.3 Å². The number of allylic oxidation sites excluding steroid dienone is 1. The molecule has 1 fully saturated rings. The molecule has 2 unspecified atom stereocenters. The highest BCUT2D eigenvalue weighted by atomic mass is 32.3. The van der Waals surface area contributed by atoms with Crippen LogP contribution in [0.4, 0.5) is 0 Å². The molecule has 6 N–H and O–H groups in total. The summed E-state index contributed by atoms with van der Waals surface area (Å²) in [7, 11) is -5.08. The Bertz CT molecular complexity index is 1050. The van der Waals surface area contributed by atoms with Crippen LogP contribution < -0.4 is 5.32 Å². The fourth-order valence-corrected chi connectivity index (χ4v) is 7.61. The van der Waals surface area contributed by atoms with E-state index in [1.807, 2.05) is 6.08 Å². The van der Waals surface area contributed by atoms with Gasteiger partial charge >= 0.3 is 10.4 Å². The van der Waals surface area contributed by atoms with Crippen molar-refractivity contribution in [1.29, 1.82) is 0 Å². The second kappa shape index (κ2) is 33.8. The molecule has 13 heteroatoms. The van der Waals surface area contributed by atoms with Crippen molar-refractivity contribution in [2.24, 2.45) is 0 Å². The average Bonchev–Trinajstić information content (AvgIpc) is 3.15. The molecule has 326 valence electrons. The maximum Gasteiger partial charge on any atom is 0.397 e. The third kappa shape index (κ3) is 27.2. The van der Waals surface area contributed by atoms with Crippen LogP contribution >= 0.6 is 0 Å². The number of rotatable bonds is 37. The molecule has 1 saturated heterocycles. The molecule has 0 aromatic heterocycles. The number of hydrogen-bond donors (Lipinski definition) is 6. The van der Waals surface area contributed by atoms with E-state index in [9.17, 15) is 33.6 Å². The van der Waals surface area contributed by atoms with Gasteiger partial charge in [-0.3, -0.25) is 9.35 Å². The molecule has 1 aliphatic rings. The highest BCUT2D eigenvalue weighted by Crippen LogP contribution is 2.26. The Labute approximate surface area is 334 Å². The van der Waals surface area contributed by atoms with Crippen molar-refractivity contribution in [1.82, 2.24) is 5.32 Å². The van der Waals surface area contributed by atoms with Crippen LogP contribution in [-0.2, 0) is 28.9 Å². The van der Waals surface area contributed by atoms with E-state index in [0.717, 1.165) is 38.5 Å². The Hall–Kier alpha value is -1.16. The molecule has 0 bridgehead atoms. The average molecular weight is 808 g/mol. The van der Waals surface area contributed by atoms with E-state index in [2.05, 4.69) is 23.3 Å². The molecule has 1 heterocycles.